The van der Waals surface area contributed by atoms with Crippen molar-refractivity contribution in [2.75, 3.05) is 37.4 Å². The van der Waals surface area contributed by atoms with Crippen LogP contribution < -0.4 is 10.2 Å². The number of aryl methyl sites for hydroxylation is 1. The molecule has 0 saturated carbocycles. The van der Waals surface area contributed by atoms with E-state index in [2.05, 4.69) is 52.4 Å². The predicted molar refractivity (Wildman–Crippen MR) is 111 cm³/mol. The summed E-state index contributed by atoms with van der Waals surface area (Å²) in [5.41, 5.74) is 4.16. The first-order valence-corrected chi connectivity index (χ1v) is 10.2. The van der Waals surface area contributed by atoms with Gasteiger partial charge in [0.05, 0.1) is 12.1 Å². The van der Waals surface area contributed by atoms with E-state index in [-0.39, 0.29) is 5.91 Å². The Hall–Kier alpha value is -2.36. The summed E-state index contributed by atoms with van der Waals surface area (Å²) in [6.07, 6.45) is 3.09. The molecule has 2 aromatic rings. The second-order valence-corrected chi connectivity index (χ2v) is 8.19. The largest absolute Gasteiger partial charge is 0.378 e. The van der Waals surface area contributed by atoms with Crippen LogP contribution in [0.3, 0.4) is 0 Å². The van der Waals surface area contributed by atoms with Gasteiger partial charge in [0, 0.05) is 31.2 Å². The molecule has 1 aliphatic rings. The molecular formula is C21H26N4OS. The Kier molecular flexibility index (Phi) is 6.15. The van der Waals surface area contributed by atoms with Gasteiger partial charge in [-0.2, -0.15) is 5.26 Å². The fourth-order valence-electron chi connectivity index (χ4n) is 3.42. The van der Waals surface area contributed by atoms with Gasteiger partial charge in [-0.05, 0) is 49.1 Å². The molecule has 1 aliphatic carbocycles. The maximum atomic E-state index is 12.5. The van der Waals surface area contributed by atoms with Crippen molar-refractivity contribution in [1.82, 2.24) is 4.90 Å². The monoisotopic (exact) mass is 382 g/mol. The summed E-state index contributed by atoms with van der Waals surface area (Å²) in [5.74, 6) is -0.0572. The highest BCUT2D eigenvalue weighted by Crippen LogP contribution is 2.38. The normalized spacial score (nSPS) is 12.7. The maximum Gasteiger partial charge on any atom is 0.239 e. The second kappa shape index (κ2) is 8.55. The third-order valence-electron chi connectivity index (χ3n) is 4.96. The van der Waals surface area contributed by atoms with Crippen molar-refractivity contribution in [3.8, 4) is 6.07 Å². The minimum Gasteiger partial charge on any atom is -0.378 e. The number of amides is 1. The number of fused-ring (bicyclic) bond motifs is 1. The lowest BCUT2D eigenvalue weighted by atomic mass is 10.1. The van der Waals surface area contributed by atoms with Crippen LogP contribution in [0.4, 0.5) is 10.7 Å². The number of likely N-dealkylation sites (N-methyl/N-ethyl adjacent to an activating group) is 1. The van der Waals surface area contributed by atoms with Crippen LogP contribution in [0.15, 0.2) is 24.3 Å². The van der Waals surface area contributed by atoms with Crippen molar-refractivity contribution in [3.05, 3.63) is 45.8 Å². The molecule has 0 unspecified atom stereocenters. The first-order valence-electron chi connectivity index (χ1n) is 9.35. The average Bonchev–Trinajstić information content (AvgIpc) is 3.22. The van der Waals surface area contributed by atoms with Crippen molar-refractivity contribution in [1.29, 1.82) is 5.26 Å². The standard InChI is InChI=1S/C21H26N4OS/c1-4-25(13-15-8-10-16(11-9-15)24(2)3)14-20(26)23-21-18(12-22)17-6-5-7-19(17)27-21/h8-11H,4-7,13-14H2,1-3H3,(H,23,26). The molecule has 142 valence electrons. The van der Waals surface area contributed by atoms with Crippen molar-refractivity contribution in [2.24, 2.45) is 0 Å². The van der Waals surface area contributed by atoms with Crippen LogP contribution in [0.2, 0.25) is 0 Å². The number of hydrogen-bond acceptors (Lipinski definition) is 5. The van der Waals surface area contributed by atoms with Gasteiger partial charge in [-0.15, -0.1) is 11.3 Å². The SMILES string of the molecule is CCN(CC(=O)Nc1sc2c(c1C#N)CCC2)Cc1ccc(N(C)C)cc1. The minimum atomic E-state index is -0.0572. The van der Waals surface area contributed by atoms with Gasteiger partial charge in [-0.25, -0.2) is 0 Å². The number of nitrogens with one attached hydrogen (secondary N) is 1. The van der Waals surface area contributed by atoms with Crippen LogP contribution in [-0.4, -0.2) is 38.0 Å². The number of carbonyl (C=O) groups excluding carboxylic acids is 1. The van der Waals surface area contributed by atoms with Gasteiger partial charge in [-0.3, -0.25) is 9.69 Å². The Morgan fingerprint density at radius 2 is 2.00 bits per heavy atom. The molecule has 0 fully saturated rings. The van der Waals surface area contributed by atoms with Crippen LogP contribution in [0.25, 0.3) is 0 Å². The van der Waals surface area contributed by atoms with E-state index in [4.69, 9.17) is 0 Å². The topological polar surface area (TPSA) is 59.4 Å². The van der Waals surface area contributed by atoms with E-state index in [1.54, 1.807) is 11.3 Å². The molecule has 3 rings (SSSR count). The molecule has 0 radical (unpaired) electrons. The van der Waals surface area contributed by atoms with E-state index in [1.165, 1.54) is 10.4 Å². The van der Waals surface area contributed by atoms with Crippen LogP contribution in [0.1, 0.15) is 34.9 Å². The fraction of sp³-hybridized carbons (Fsp3) is 0.429. The molecule has 1 heterocycles. The van der Waals surface area contributed by atoms with Gasteiger partial charge in [0.15, 0.2) is 0 Å². The highest BCUT2D eigenvalue weighted by Gasteiger charge is 2.23. The summed E-state index contributed by atoms with van der Waals surface area (Å²) in [5, 5.41) is 13.2. The van der Waals surface area contributed by atoms with E-state index >= 15 is 0 Å². The number of benzene rings is 1. The van der Waals surface area contributed by atoms with Crippen molar-refractivity contribution in [2.45, 2.75) is 32.7 Å². The van der Waals surface area contributed by atoms with E-state index in [9.17, 15) is 10.1 Å². The Balaban J connectivity index is 1.61. The third-order valence-corrected chi connectivity index (χ3v) is 6.17. The maximum absolute atomic E-state index is 12.5. The van der Waals surface area contributed by atoms with Gasteiger partial charge in [0.25, 0.3) is 0 Å². The van der Waals surface area contributed by atoms with Gasteiger partial charge >= 0.3 is 0 Å². The number of carbonyl (C=O) groups is 1. The van der Waals surface area contributed by atoms with Crippen molar-refractivity contribution >= 4 is 27.9 Å². The lowest BCUT2D eigenvalue weighted by molar-refractivity contribution is -0.117. The van der Waals surface area contributed by atoms with Crippen LogP contribution in [0.5, 0.6) is 0 Å². The molecule has 5 nitrogen and oxygen atoms in total. The van der Waals surface area contributed by atoms with Crippen molar-refractivity contribution < 1.29 is 4.79 Å². The van der Waals surface area contributed by atoms with Crippen molar-refractivity contribution in [3.63, 3.8) is 0 Å². The molecule has 1 aromatic carbocycles. The number of nitriles is 1. The zero-order chi connectivity index (χ0) is 19.4. The van der Waals surface area contributed by atoms with Gasteiger partial charge < -0.3 is 10.2 Å². The van der Waals surface area contributed by atoms with E-state index in [1.807, 2.05) is 14.1 Å². The summed E-state index contributed by atoms with van der Waals surface area (Å²) in [6.45, 7) is 3.89. The summed E-state index contributed by atoms with van der Waals surface area (Å²) in [4.78, 5) is 18.0. The number of nitrogens with zero attached hydrogens (tertiary/aromatic N) is 3. The molecule has 0 saturated heterocycles. The zero-order valence-corrected chi connectivity index (χ0v) is 17.0. The first kappa shape index (κ1) is 19.4. The van der Waals surface area contributed by atoms with E-state index in [0.717, 1.165) is 48.6 Å². The molecule has 1 amide bonds. The number of anilines is 2. The molecule has 0 bridgehead atoms. The molecule has 1 N–H and O–H groups in total. The molecule has 27 heavy (non-hydrogen) atoms. The molecule has 1 aromatic heterocycles. The number of hydrogen-bond donors (Lipinski definition) is 1. The Labute approximate surface area is 165 Å². The third kappa shape index (κ3) is 4.49. The van der Waals surface area contributed by atoms with Gasteiger partial charge in [0.2, 0.25) is 5.91 Å². The van der Waals surface area contributed by atoms with Crippen LogP contribution in [-0.2, 0) is 24.2 Å². The average molecular weight is 383 g/mol. The molecule has 0 spiro atoms. The van der Waals surface area contributed by atoms with E-state index < -0.39 is 0 Å². The smallest absolute Gasteiger partial charge is 0.239 e. The first-order chi connectivity index (χ1) is 13.0. The lowest BCUT2D eigenvalue weighted by Gasteiger charge is -2.20. The predicted octanol–water partition coefficient (Wildman–Crippen LogP) is 3.64. The summed E-state index contributed by atoms with van der Waals surface area (Å²) >= 11 is 1.57. The second-order valence-electron chi connectivity index (χ2n) is 7.09. The van der Waals surface area contributed by atoms with Gasteiger partial charge in [0.1, 0.15) is 11.1 Å². The molecule has 0 atom stereocenters. The molecule has 6 heteroatoms. The highest BCUT2D eigenvalue weighted by atomic mass is 32.1. The quantitative estimate of drug-likeness (QED) is 0.794. The van der Waals surface area contributed by atoms with Gasteiger partial charge in [-0.1, -0.05) is 19.1 Å². The lowest BCUT2D eigenvalue weighted by Crippen LogP contribution is -2.32. The zero-order valence-electron chi connectivity index (χ0n) is 16.2. The fourth-order valence-corrected chi connectivity index (χ4v) is 4.67. The highest BCUT2D eigenvalue weighted by molar-refractivity contribution is 7.16. The Morgan fingerprint density at radius 3 is 2.63 bits per heavy atom. The molecular weight excluding hydrogens is 356 g/mol. The van der Waals surface area contributed by atoms with Crippen LogP contribution in [0, 0.1) is 11.3 Å². The Morgan fingerprint density at radius 1 is 1.26 bits per heavy atom. The number of rotatable bonds is 7. The molecule has 0 aliphatic heterocycles. The summed E-state index contributed by atoms with van der Waals surface area (Å²) < 4.78 is 0. The van der Waals surface area contributed by atoms with E-state index in [0.29, 0.717) is 12.1 Å². The summed E-state index contributed by atoms with van der Waals surface area (Å²) in [6, 6.07) is 10.7. The van der Waals surface area contributed by atoms with Crippen LogP contribution >= 0.6 is 11.3 Å². The summed E-state index contributed by atoms with van der Waals surface area (Å²) in [7, 11) is 4.04. The number of thiophene rings is 1. The Bertz CT molecular complexity index is 848. The minimum absolute atomic E-state index is 0.0572.